The van der Waals surface area contributed by atoms with Crippen molar-refractivity contribution in [1.82, 2.24) is 0 Å². The van der Waals surface area contributed by atoms with Crippen molar-refractivity contribution in [3.63, 3.8) is 0 Å². The van der Waals surface area contributed by atoms with E-state index in [1.165, 1.54) is 0 Å². The van der Waals surface area contributed by atoms with E-state index in [-0.39, 0.29) is 26.1 Å². The molecular formula is C31H30O11. The number of methoxy groups -OCH3 is 2. The van der Waals surface area contributed by atoms with E-state index in [1.807, 2.05) is 42.5 Å². The van der Waals surface area contributed by atoms with Crippen molar-refractivity contribution in [2.24, 2.45) is 5.92 Å². The first kappa shape index (κ1) is 25.8. The zero-order chi connectivity index (χ0) is 28.4. The van der Waals surface area contributed by atoms with Crippen LogP contribution in [0, 0.1) is 5.92 Å². The lowest BCUT2D eigenvalue weighted by atomic mass is 9.80. The van der Waals surface area contributed by atoms with Crippen LogP contribution in [0.15, 0.2) is 48.5 Å². The number of rotatable bonds is 6. The van der Waals surface area contributed by atoms with Crippen LogP contribution in [0.25, 0.3) is 0 Å². The Labute approximate surface area is 241 Å². The van der Waals surface area contributed by atoms with Gasteiger partial charge in [-0.1, -0.05) is 12.1 Å². The summed E-state index contributed by atoms with van der Waals surface area (Å²) in [6, 6.07) is 15.0. The van der Waals surface area contributed by atoms with E-state index in [0.717, 1.165) is 16.7 Å². The predicted molar refractivity (Wildman–Crippen MR) is 144 cm³/mol. The zero-order valence-electron chi connectivity index (χ0n) is 23.1. The molecule has 3 aromatic rings. The molecular weight excluding hydrogens is 548 g/mol. The van der Waals surface area contributed by atoms with Crippen molar-refractivity contribution >= 4 is 0 Å². The molecule has 1 N–H and O–H groups in total. The molecule has 0 saturated carbocycles. The SMILES string of the molecule is COCC1Oc2cc(C3OCC4(O)C(c5ccc6c(c5)OCO6)OCC34)c(OC)cc2OC1c1ccc2c(c1)OCO2. The normalized spacial score (nSPS) is 29.9. The summed E-state index contributed by atoms with van der Waals surface area (Å²) in [5, 5.41) is 11.9. The molecule has 5 aliphatic heterocycles. The van der Waals surface area contributed by atoms with Crippen LogP contribution in [-0.4, -0.2) is 64.4 Å². The van der Waals surface area contributed by atoms with Crippen molar-refractivity contribution in [2.75, 3.05) is 47.6 Å². The van der Waals surface area contributed by atoms with Gasteiger partial charge in [0.1, 0.15) is 17.5 Å². The molecule has 0 aliphatic carbocycles. The molecule has 0 bridgehead atoms. The van der Waals surface area contributed by atoms with Crippen LogP contribution in [0.3, 0.4) is 0 Å². The molecule has 220 valence electrons. The van der Waals surface area contributed by atoms with E-state index < -0.39 is 30.0 Å². The number of fused-ring (bicyclic) bond motifs is 4. The van der Waals surface area contributed by atoms with E-state index in [0.29, 0.717) is 53.5 Å². The fourth-order valence-electron chi connectivity index (χ4n) is 6.56. The average molecular weight is 579 g/mol. The molecule has 0 amide bonds. The van der Waals surface area contributed by atoms with Crippen LogP contribution in [0.4, 0.5) is 0 Å². The lowest BCUT2D eigenvalue weighted by Gasteiger charge is -2.35. The third kappa shape index (κ3) is 3.95. The molecule has 2 saturated heterocycles. The van der Waals surface area contributed by atoms with Crippen LogP contribution in [0.5, 0.6) is 40.2 Å². The first-order chi connectivity index (χ1) is 20.6. The second-order valence-electron chi connectivity index (χ2n) is 11.0. The Kier molecular flexibility index (Phi) is 6.04. The third-order valence-electron chi connectivity index (χ3n) is 8.63. The first-order valence-electron chi connectivity index (χ1n) is 13.8. The number of aliphatic hydroxyl groups is 1. The average Bonchev–Trinajstić information content (AvgIpc) is 3.79. The van der Waals surface area contributed by atoms with Crippen LogP contribution >= 0.6 is 0 Å². The van der Waals surface area contributed by atoms with Gasteiger partial charge in [-0.25, -0.2) is 0 Å². The largest absolute Gasteiger partial charge is 0.496 e. The maximum Gasteiger partial charge on any atom is 0.231 e. The Bertz CT molecular complexity index is 1520. The molecule has 11 heteroatoms. The number of ether oxygens (including phenoxy) is 10. The highest BCUT2D eigenvalue weighted by Crippen LogP contribution is 2.56. The molecule has 2 fully saturated rings. The van der Waals surface area contributed by atoms with Crippen LogP contribution in [0.2, 0.25) is 0 Å². The molecule has 6 atom stereocenters. The lowest BCUT2D eigenvalue weighted by Crippen LogP contribution is -2.39. The van der Waals surface area contributed by atoms with Crippen LogP contribution in [-0.2, 0) is 14.2 Å². The van der Waals surface area contributed by atoms with Gasteiger partial charge < -0.3 is 52.5 Å². The van der Waals surface area contributed by atoms with Gasteiger partial charge in [-0.3, -0.25) is 0 Å². The number of hydrogen-bond acceptors (Lipinski definition) is 11. The summed E-state index contributed by atoms with van der Waals surface area (Å²) < 4.78 is 58.8. The first-order valence-corrected chi connectivity index (χ1v) is 13.8. The Morgan fingerprint density at radius 3 is 2.19 bits per heavy atom. The van der Waals surface area contributed by atoms with E-state index in [1.54, 1.807) is 20.3 Å². The number of benzene rings is 3. The molecule has 5 heterocycles. The summed E-state index contributed by atoms with van der Waals surface area (Å²) in [7, 11) is 3.22. The number of hydrogen-bond donors (Lipinski definition) is 1. The zero-order valence-corrected chi connectivity index (χ0v) is 23.1. The van der Waals surface area contributed by atoms with Crippen LogP contribution in [0.1, 0.15) is 35.0 Å². The van der Waals surface area contributed by atoms with Crippen LogP contribution < -0.4 is 33.2 Å². The van der Waals surface area contributed by atoms with Gasteiger partial charge in [0.2, 0.25) is 13.6 Å². The predicted octanol–water partition coefficient (Wildman–Crippen LogP) is 3.87. The molecule has 3 aromatic carbocycles. The lowest BCUT2D eigenvalue weighted by molar-refractivity contribution is -0.0629. The molecule has 8 rings (SSSR count). The fraction of sp³-hybridized carbons (Fsp3) is 0.419. The summed E-state index contributed by atoms with van der Waals surface area (Å²) in [6.45, 7) is 1.06. The van der Waals surface area contributed by atoms with Gasteiger partial charge in [-0.05, 0) is 35.9 Å². The second-order valence-corrected chi connectivity index (χ2v) is 11.0. The molecule has 0 radical (unpaired) electrons. The van der Waals surface area contributed by atoms with E-state index >= 15 is 0 Å². The maximum absolute atomic E-state index is 11.9. The molecule has 0 spiro atoms. The van der Waals surface area contributed by atoms with Crippen molar-refractivity contribution in [3.8, 4) is 40.2 Å². The van der Waals surface area contributed by atoms with E-state index in [4.69, 9.17) is 47.4 Å². The quantitative estimate of drug-likeness (QED) is 0.460. The van der Waals surface area contributed by atoms with Gasteiger partial charge in [0, 0.05) is 30.2 Å². The maximum atomic E-state index is 11.9. The summed E-state index contributed by atoms with van der Waals surface area (Å²) in [5.41, 5.74) is 1.17. The van der Waals surface area contributed by atoms with Crippen molar-refractivity contribution < 1.29 is 52.5 Å². The van der Waals surface area contributed by atoms with Gasteiger partial charge in [0.25, 0.3) is 0 Å². The minimum atomic E-state index is -1.25. The highest BCUT2D eigenvalue weighted by atomic mass is 16.7. The molecule has 0 aromatic heterocycles. The molecule has 6 unspecified atom stereocenters. The van der Waals surface area contributed by atoms with E-state index in [9.17, 15) is 5.11 Å². The highest BCUT2D eigenvalue weighted by molar-refractivity contribution is 5.54. The summed E-state index contributed by atoms with van der Waals surface area (Å²) >= 11 is 0. The Hall–Kier alpha value is -3.90. The standard InChI is InChI=1S/C31H30O11/c1-33-12-27-28(16-3-5-20-23(7-16)39-14-37-20)42-26-10-22(34-2)18(9-25(26)41-27)29-19-11-35-30(31(19,32)13-36-29)17-4-6-21-24(8-17)40-15-38-21/h3-10,19,27-30,32H,11-15H2,1-2H3. The molecule has 5 aliphatic rings. The minimum absolute atomic E-state index is 0.0948. The van der Waals surface area contributed by atoms with Gasteiger partial charge in [-0.15, -0.1) is 0 Å². The smallest absolute Gasteiger partial charge is 0.231 e. The van der Waals surface area contributed by atoms with Crippen molar-refractivity contribution in [1.29, 1.82) is 0 Å². The topological polar surface area (TPSA) is 113 Å². The van der Waals surface area contributed by atoms with Gasteiger partial charge in [0.05, 0.1) is 33.0 Å². The Morgan fingerprint density at radius 1 is 0.762 bits per heavy atom. The van der Waals surface area contributed by atoms with Crippen molar-refractivity contribution in [2.45, 2.75) is 30.0 Å². The minimum Gasteiger partial charge on any atom is -0.496 e. The Morgan fingerprint density at radius 2 is 1.45 bits per heavy atom. The van der Waals surface area contributed by atoms with Gasteiger partial charge in [0.15, 0.2) is 46.7 Å². The summed E-state index contributed by atoms with van der Waals surface area (Å²) in [5.74, 6) is 3.95. The molecule has 42 heavy (non-hydrogen) atoms. The highest BCUT2D eigenvalue weighted by Gasteiger charge is 2.60. The third-order valence-corrected chi connectivity index (χ3v) is 8.63. The van der Waals surface area contributed by atoms with Gasteiger partial charge >= 0.3 is 0 Å². The summed E-state index contributed by atoms with van der Waals surface area (Å²) in [6.07, 6.45) is -1.97. The summed E-state index contributed by atoms with van der Waals surface area (Å²) in [4.78, 5) is 0. The second kappa shape index (κ2) is 9.84. The fourth-order valence-corrected chi connectivity index (χ4v) is 6.56. The van der Waals surface area contributed by atoms with Crippen molar-refractivity contribution in [3.05, 3.63) is 65.2 Å². The van der Waals surface area contributed by atoms with Gasteiger partial charge in [-0.2, -0.15) is 0 Å². The Balaban J connectivity index is 1.09. The molecule has 11 nitrogen and oxygen atoms in total. The van der Waals surface area contributed by atoms with E-state index in [2.05, 4.69) is 0 Å². The monoisotopic (exact) mass is 578 g/mol.